The third-order valence-electron chi connectivity index (χ3n) is 7.28. The van der Waals surface area contributed by atoms with E-state index in [1.54, 1.807) is 17.2 Å². The van der Waals surface area contributed by atoms with Crippen molar-refractivity contribution in [3.63, 3.8) is 0 Å². The summed E-state index contributed by atoms with van der Waals surface area (Å²) in [5.74, 6) is 1.83. The molecule has 0 spiro atoms. The number of halogens is 3. The molecule has 8 nitrogen and oxygen atoms in total. The van der Waals surface area contributed by atoms with Crippen LogP contribution in [0.3, 0.4) is 0 Å². The highest BCUT2D eigenvalue weighted by molar-refractivity contribution is 5.99. The Morgan fingerprint density at radius 3 is 2.58 bits per heavy atom. The van der Waals surface area contributed by atoms with Crippen molar-refractivity contribution in [3.05, 3.63) is 41.5 Å². The van der Waals surface area contributed by atoms with Gasteiger partial charge in [0, 0.05) is 43.2 Å². The number of rotatable bonds is 5. The molecule has 1 aromatic carbocycles. The molecule has 36 heavy (non-hydrogen) atoms. The maximum Gasteiger partial charge on any atom is 0.265 e. The molecule has 0 saturated carbocycles. The lowest BCUT2D eigenvalue weighted by Gasteiger charge is -2.41. The van der Waals surface area contributed by atoms with Gasteiger partial charge in [-0.1, -0.05) is 0 Å². The Kier molecular flexibility index (Phi) is 8.44. The number of nitrogens with zero attached hydrogens (tertiary/aromatic N) is 3. The quantitative estimate of drug-likeness (QED) is 0.623. The summed E-state index contributed by atoms with van der Waals surface area (Å²) in [7, 11) is 0. The smallest absolute Gasteiger partial charge is 0.265 e. The lowest BCUT2D eigenvalue weighted by molar-refractivity contribution is -0.121. The second-order valence-corrected chi connectivity index (χ2v) is 9.40. The molecule has 1 unspecified atom stereocenters. The van der Waals surface area contributed by atoms with Gasteiger partial charge < -0.3 is 29.3 Å². The Labute approximate surface area is 222 Å². The molecule has 1 N–H and O–H groups in total. The number of carbonyl (C=O) groups is 1. The molecular formula is C25H31Cl2FN4O4. The van der Waals surface area contributed by atoms with Gasteiger partial charge >= 0.3 is 0 Å². The Bertz CT molecular complexity index is 1100. The number of fused-ring (bicyclic) bond motifs is 1. The molecule has 1 aromatic heterocycles. The Balaban J connectivity index is 0.00000152. The van der Waals surface area contributed by atoms with Crippen LogP contribution < -0.4 is 24.4 Å². The van der Waals surface area contributed by atoms with Crippen LogP contribution in [0.1, 0.15) is 36.4 Å². The number of aromatic nitrogens is 1. The largest absolute Gasteiger partial charge is 0.486 e. The number of nitrogens with one attached hydrogen (secondary N) is 1. The third kappa shape index (κ3) is 5.20. The summed E-state index contributed by atoms with van der Waals surface area (Å²) >= 11 is 0. The van der Waals surface area contributed by atoms with Crippen LogP contribution in [0.2, 0.25) is 0 Å². The van der Waals surface area contributed by atoms with E-state index < -0.39 is 0 Å². The van der Waals surface area contributed by atoms with Crippen molar-refractivity contribution in [3.8, 4) is 17.2 Å². The van der Waals surface area contributed by atoms with Gasteiger partial charge in [-0.2, -0.15) is 0 Å². The molecule has 0 aliphatic carbocycles. The highest BCUT2D eigenvalue weighted by Crippen LogP contribution is 2.45. The number of carbonyl (C=O) groups excluding carboxylic acids is 1. The van der Waals surface area contributed by atoms with Crippen LogP contribution in [0, 0.1) is 5.82 Å². The molecule has 0 bridgehead atoms. The van der Waals surface area contributed by atoms with Crippen LogP contribution in [-0.2, 0) is 11.3 Å². The van der Waals surface area contributed by atoms with Gasteiger partial charge in [0.05, 0.1) is 17.6 Å². The van der Waals surface area contributed by atoms with Gasteiger partial charge in [-0.3, -0.25) is 9.78 Å². The van der Waals surface area contributed by atoms with Crippen molar-refractivity contribution >= 4 is 36.4 Å². The van der Waals surface area contributed by atoms with Crippen molar-refractivity contribution < 1.29 is 23.4 Å². The first kappa shape index (κ1) is 26.7. The minimum atomic E-state index is -0.241. The SMILES string of the molecule is Cl.Cl.O=C1COc2ccc(F)c3c2N1CCC3CN1CCC(NCc2cc3c(cn2)OCCO3)CC1. The van der Waals surface area contributed by atoms with Gasteiger partial charge in [-0.15, -0.1) is 24.8 Å². The molecule has 5 heterocycles. The van der Waals surface area contributed by atoms with Crippen LogP contribution in [-0.4, -0.2) is 67.8 Å². The van der Waals surface area contributed by atoms with Gasteiger partial charge in [0.1, 0.15) is 24.8 Å². The molecule has 4 aliphatic heterocycles. The molecule has 196 valence electrons. The van der Waals surface area contributed by atoms with Crippen LogP contribution in [0.4, 0.5) is 10.1 Å². The maximum atomic E-state index is 14.9. The van der Waals surface area contributed by atoms with Crippen LogP contribution >= 0.6 is 24.8 Å². The predicted molar refractivity (Wildman–Crippen MR) is 138 cm³/mol. The first-order valence-corrected chi connectivity index (χ1v) is 12.1. The summed E-state index contributed by atoms with van der Waals surface area (Å²) < 4.78 is 31.7. The van der Waals surface area contributed by atoms with Gasteiger partial charge in [-0.05, 0) is 44.5 Å². The van der Waals surface area contributed by atoms with E-state index >= 15 is 0 Å². The number of piperidine rings is 1. The zero-order valence-corrected chi connectivity index (χ0v) is 21.5. The topological polar surface area (TPSA) is 76.2 Å². The lowest BCUT2D eigenvalue weighted by Crippen LogP contribution is -2.46. The number of ether oxygens (including phenoxy) is 3. The average molecular weight is 541 g/mol. The minimum Gasteiger partial charge on any atom is -0.486 e. The number of anilines is 1. The fraction of sp³-hybridized carbons (Fsp3) is 0.520. The third-order valence-corrected chi connectivity index (χ3v) is 7.28. The van der Waals surface area contributed by atoms with Crippen LogP contribution in [0.15, 0.2) is 24.4 Å². The monoisotopic (exact) mass is 540 g/mol. The molecule has 1 fully saturated rings. The second-order valence-electron chi connectivity index (χ2n) is 9.40. The van der Waals surface area contributed by atoms with Crippen molar-refractivity contribution in [2.24, 2.45) is 0 Å². The lowest BCUT2D eigenvalue weighted by atomic mass is 9.87. The molecule has 1 atom stereocenters. The maximum absolute atomic E-state index is 14.9. The van der Waals surface area contributed by atoms with Gasteiger partial charge in [0.15, 0.2) is 18.1 Å². The number of pyridine rings is 1. The Morgan fingerprint density at radius 1 is 1.00 bits per heavy atom. The Morgan fingerprint density at radius 2 is 1.78 bits per heavy atom. The van der Waals surface area contributed by atoms with Crippen LogP contribution in [0.5, 0.6) is 17.2 Å². The highest BCUT2D eigenvalue weighted by atomic mass is 35.5. The zero-order chi connectivity index (χ0) is 23.1. The van der Waals surface area contributed by atoms with E-state index in [4.69, 9.17) is 14.2 Å². The van der Waals surface area contributed by atoms with Crippen molar-refractivity contribution in [1.82, 2.24) is 15.2 Å². The van der Waals surface area contributed by atoms with Gasteiger partial charge in [0.25, 0.3) is 5.91 Å². The summed E-state index contributed by atoms with van der Waals surface area (Å²) in [6, 6.07) is 5.49. The van der Waals surface area contributed by atoms with Crippen LogP contribution in [0.25, 0.3) is 0 Å². The average Bonchev–Trinajstić information content (AvgIpc) is 2.87. The van der Waals surface area contributed by atoms with E-state index in [9.17, 15) is 9.18 Å². The predicted octanol–water partition coefficient (Wildman–Crippen LogP) is 3.30. The number of likely N-dealkylation sites (tertiary alicyclic amines) is 1. The van der Waals surface area contributed by atoms with E-state index in [0.717, 1.165) is 50.3 Å². The van der Waals surface area contributed by atoms with Crippen molar-refractivity contribution in [1.29, 1.82) is 0 Å². The fourth-order valence-electron chi connectivity index (χ4n) is 5.50. The Hall–Kier alpha value is -2.33. The summed E-state index contributed by atoms with van der Waals surface area (Å²) in [4.78, 5) is 20.9. The molecule has 2 aromatic rings. The first-order chi connectivity index (χ1) is 16.7. The molecule has 0 radical (unpaired) electrons. The van der Waals surface area contributed by atoms with Crippen molar-refractivity contribution in [2.45, 2.75) is 37.8 Å². The highest BCUT2D eigenvalue weighted by Gasteiger charge is 2.37. The summed E-state index contributed by atoms with van der Waals surface area (Å²) in [6.07, 6.45) is 4.56. The van der Waals surface area contributed by atoms with Crippen molar-refractivity contribution in [2.75, 3.05) is 50.9 Å². The molecule has 6 rings (SSSR count). The normalized spacial score (nSPS) is 21.1. The van der Waals surface area contributed by atoms with E-state index in [1.807, 2.05) is 6.07 Å². The van der Waals surface area contributed by atoms with Gasteiger partial charge in [0.2, 0.25) is 0 Å². The minimum absolute atomic E-state index is 0. The molecule has 1 amide bonds. The van der Waals surface area contributed by atoms with E-state index in [0.29, 0.717) is 55.1 Å². The summed E-state index contributed by atoms with van der Waals surface area (Å²) in [6.45, 7) is 5.19. The van der Waals surface area contributed by atoms with E-state index in [-0.39, 0.29) is 49.1 Å². The summed E-state index contributed by atoms with van der Waals surface area (Å²) in [5.41, 5.74) is 2.23. The van der Waals surface area contributed by atoms with Gasteiger partial charge in [-0.25, -0.2) is 4.39 Å². The number of hydrogen-bond donors (Lipinski definition) is 1. The van der Waals surface area contributed by atoms with E-state index in [1.165, 1.54) is 6.07 Å². The van der Waals surface area contributed by atoms with E-state index in [2.05, 4.69) is 15.2 Å². The number of benzene rings is 1. The molecular weight excluding hydrogens is 510 g/mol. The first-order valence-electron chi connectivity index (χ1n) is 12.1. The summed E-state index contributed by atoms with van der Waals surface area (Å²) in [5, 5.41) is 3.62. The number of hydrogen-bond acceptors (Lipinski definition) is 7. The number of amides is 1. The molecule has 4 aliphatic rings. The second kappa shape index (κ2) is 11.4. The molecule has 11 heteroatoms. The molecule has 1 saturated heterocycles. The standard InChI is InChI=1S/C25H29FN4O4.2ClH/c26-19-1-2-20-25-24(19)16(3-8-30(25)23(31)15-34-20)14-29-6-4-17(5-7-29)27-12-18-11-21-22(13-28-18)33-10-9-32-21;;/h1-2,11,13,16-17,27H,3-10,12,14-15H2;2*1H. The fourth-order valence-corrected chi connectivity index (χ4v) is 5.50. The zero-order valence-electron chi connectivity index (χ0n) is 19.9.